The minimum Gasteiger partial charge on any atom is -0.497 e. The standard InChI is InChI=1S/C14H19N3O/c1-18-11-4-2-3-10(7-11)16-14(15)17-13-8-12(13)9-5-6-9/h2-4,7,9,12-13H,5-6,8H2,1H3,(H3,15,16,17)/t12-,13+/m0/s1. The van der Waals surface area contributed by atoms with Gasteiger partial charge in [-0.15, -0.1) is 0 Å². The highest BCUT2D eigenvalue weighted by Gasteiger charge is 2.47. The predicted octanol–water partition coefficient (Wildman–Crippen LogP) is 2.22. The summed E-state index contributed by atoms with van der Waals surface area (Å²) < 4.78 is 5.17. The van der Waals surface area contributed by atoms with E-state index in [0.29, 0.717) is 12.0 Å². The number of benzene rings is 1. The highest BCUT2D eigenvalue weighted by Crippen LogP contribution is 2.51. The normalized spacial score (nSPS) is 26.8. The molecule has 4 heteroatoms. The van der Waals surface area contributed by atoms with E-state index < -0.39 is 0 Å². The summed E-state index contributed by atoms with van der Waals surface area (Å²) in [5.41, 5.74) is 6.83. The van der Waals surface area contributed by atoms with Crippen LogP contribution in [0.1, 0.15) is 19.3 Å². The van der Waals surface area contributed by atoms with Gasteiger partial charge in [0, 0.05) is 11.8 Å². The number of hydrogen-bond donors (Lipinski definition) is 2. The van der Waals surface area contributed by atoms with Crippen molar-refractivity contribution in [1.29, 1.82) is 0 Å². The number of methoxy groups -OCH3 is 1. The van der Waals surface area contributed by atoms with Crippen LogP contribution in [0.2, 0.25) is 0 Å². The molecule has 0 radical (unpaired) electrons. The van der Waals surface area contributed by atoms with Crippen molar-refractivity contribution in [3.63, 3.8) is 0 Å². The molecule has 2 atom stereocenters. The lowest BCUT2D eigenvalue weighted by Gasteiger charge is -2.07. The number of nitrogens with zero attached hydrogens (tertiary/aromatic N) is 1. The molecule has 18 heavy (non-hydrogen) atoms. The van der Waals surface area contributed by atoms with Gasteiger partial charge >= 0.3 is 0 Å². The molecule has 0 saturated heterocycles. The Balaban J connectivity index is 1.59. The molecule has 0 heterocycles. The fourth-order valence-electron chi connectivity index (χ4n) is 2.44. The van der Waals surface area contributed by atoms with E-state index in [4.69, 9.17) is 10.5 Å². The zero-order valence-electron chi connectivity index (χ0n) is 10.6. The lowest BCUT2D eigenvalue weighted by molar-refractivity contribution is 0.415. The van der Waals surface area contributed by atoms with Crippen molar-refractivity contribution in [1.82, 2.24) is 0 Å². The van der Waals surface area contributed by atoms with E-state index in [0.717, 1.165) is 23.3 Å². The third-order valence-electron chi connectivity index (χ3n) is 3.68. The first kappa shape index (κ1) is 11.4. The maximum absolute atomic E-state index is 5.92. The first-order chi connectivity index (χ1) is 8.76. The molecule has 0 amide bonds. The highest BCUT2D eigenvalue weighted by atomic mass is 16.5. The van der Waals surface area contributed by atoms with Crippen molar-refractivity contribution in [3.05, 3.63) is 24.3 Å². The van der Waals surface area contributed by atoms with Crippen LogP contribution in [0.3, 0.4) is 0 Å². The van der Waals surface area contributed by atoms with Gasteiger partial charge in [-0.2, -0.15) is 0 Å². The van der Waals surface area contributed by atoms with Crippen molar-refractivity contribution in [3.8, 4) is 5.75 Å². The van der Waals surface area contributed by atoms with Gasteiger partial charge in [0.15, 0.2) is 5.96 Å². The van der Waals surface area contributed by atoms with Gasteiger partial charge in [-0.25, -0.2) is 4.99 Å². The van der Waals surface area contributed by atoms with E-state index in [1.807, 2.05) is 24.3 Å². The zero-order valence-corrected chi connectivity index (χ0v) is 10.6. The van der Waals surface area contributed by atoms with Crippen molar-refractivity contribution < 1.29 is 4.74 Å². The summed E-state index contributed by atoms with van der Waals surface area (Å²) in [4.78, 5) is 4.52. The molecule has 2 saturated carbocycles. The predicted molar refractivity (Wildman–Crippen MR) is 72.9 cm³/mol. The molecule has 2 aliphatic carbocycles. The molecule has 0 spiro atoms. The molecule has 2 fully saturated rings. The summed E-state index contributed by atoms with van der Waals surface area (Å²) in [7, 11) is 1.65. The van der Waals surface area contributed by atoms with Crippen LogP contribution >= 0.6 is 0 Å². The molecule has 1 aromatic rings. The van der Waals surface area contributed by atoms with Gasteiger partial charge in [0.1, 0.15) is 5.75 Å². The van der Waals surface area contributed by atoms with Gasteiger partial charge in [0.2, 0.25) is 0 Å². The Kier molecular flexibility index (Phi) is 2.86. The topological polar surface area (TPSA) is 59.6 Å². The largest absolute Gasteiger partial charge is 0.497 e. The summed E-state index contributed by atoms with van der Waals surface area (Å²) in [6, 6.07) is 8.15. The van der Waals surface area contributed by atoms with Crippen LogP contribution in [0.5, 0.6) is 5.75 Å². The molecule has 1 aromatic carbocycles. The van der Waals surface area contributed by atoms with Crippen molar-refractivity contribution >= 4 is 11.6 Å². The van der Waals surface area contributed by atoms with E-state index in [9.17, 15) is 0 Å². The Labute approximate surface area is 107 Å². The number of nitrogens with two attached hydrogens (primary N) is 1. The van der Waals surface area contributed by atoms with Crippen LogP contribution in [-0.2, 0) is 0 Å². The number of aliphatic imine (C=N–C) groups is 1. The first-order valence-corrected chi connectivity index (χ1v) is 6.50. The Morgan fingerprint density at radius 3 is 3.00 bits per heavy atom. The van der Waals surface area contributed by atoms with Crippen molar-refractivity contribution in [2.75, 3.05) is 12.4 Å². The third kappa shape index (κ3) is 2.58. The fraction of sp³-hybridized carbons (Fsp3) is 0.500. The van der Waals surface area contributed by atoms with E-state index in [1.54, 1.807) is 7.11 Å². The minimum absolute atomic E-state index is 0.454. The second-order valence-corrected chi connectivity index (χ2v) is 5.18. The molecular formula is C14H19N3O. The second-order valence-electron chi connectivity index (χ2n) is 5.18. The number of anilines is 1. The monoisotopic (exact) mass is 245 g/mol. The molecule has 2 aliphatic rings. The molecule has 0 bridgehead atoms. The number of ether oxygens (including phenoxy) is 1. The smallest absolute Gasteiger partial charge is 0.193 e. The number of hydrogen-bond acceptors (Lipinski definition) is 2. The van der Waals surface area contributed by atoms with Gasteiger partial charge in [0.25, 0.3) is 0 Å². The molecule has 3 N–H and O–H groups in total. The number of nitrogens with one attached hydrogen (secondary N) is 1. The van der Waals surface area contributed by atoms with Crippen LogP contribution in [0.25, 0.3) is 0 Å². The first-order valence-electron chi connectivity index (χ1n) is 6.50. The second kappa shape index (κ2) is 4.52. The summed E-state index contributed by atoms with van der Waals surface area (Å²) in [6.07, 6.45) is 3.99. The SMILES string of the molecule is COc1cccc(NC(N)=N[C@@H]2C[C@H]2C2CC2)c1. The average molecular weight is 245 g/mol. The molecule has 96 valence electrons. The maximum Gasteiger partial charge on any atom is 0.193 e. The zero-order chi connectivity index (χ0) is 12.5. The van der Waals surface area contributed by atoms with Crippen molar-refractivity contribution in [2.45, 2.75) is 25.3 Å². The number of guanidine groups is 1. The quantitative estimate of drug-likeness (QED) is 0.631. The lowest BCUT2D eigenvalue weighted by atomic mass is 10.3. The van der Waals surface area contributed by atoms with Gasteiger partial charge < -0.3 is 15.8 Å². The summed E-state index contributed by atoms with van der Waals surface area (Å²) in [5.74, 6) is 3.06. The van der Waals surface area contributed by atoms with Gasteiger partial charge in [0.05, 0.1) is 13.2 Å². The molecule has 0 aromatic heterocycles. The fourth-order valence-corrected chi connectivity index (χ4v) is 2.44. The molecule has 0 aliphatic heterocycles. The van der Waals surface area contributed by atoms with Crippen LogP contribution in [0, 0.1) is 11.8 Å². The molecule has 0 unspecified atom stereocenters. The van der Waals surface area contributed by atoms with Gasteiger partial charge in [-0.3, -0.25) is 0 Å². The van der Waals surface area contributed by atoms with Crippen LogP contribution in [0.4, 0.5) is 5.69 Å². The van der Waals surface area contributed by atoms with Crippen molar-refractivity contribution in [2.24, 2.45) is 22.6 Å². The summed E-state index contributed by atoms with van der Waals surface area (Å²) in [5, 5.41) is 3.12. The van der Waals surface area contributed by atoms with E-state index in [-0.39, 0.29) is 0 Å². The van der Waals surface area contributed by atoms with Crippen LogP contribution in [0.15, 0.2) is 29.3 Å². The maximum atomic E-state index is 5.92. The average Bonchev–Trinajstić information content (AvgIpc) is 3.22. The Morgan fingerprint density at radius 2 is 2.28 bits per heavy atom. The highest BCUT2D eigenvalue weighted by molar-refractivity contribution is 5.92. The molecule has 4 nitrogen and oxygen atoms in total. The van der Waals surface area contributed by atoms with Crippen LogP contribution < -0.4 is 15.8 Å². The van der Waals surface area contributed by atoms with Gasteiger partial charge in [-0.1, -0.05) is 6.07 Å². The molecular weight excluding hydrogens is 226 g/mol. The van der Waals surface area contributed by atoms with E-state index in [2.05, 4.69) is 10.3 Å². The summed E-state index contributed by atoms with van der Waals surface area (Å²) in [6.45, 7) is 0. The third-order valence-corrected chi connectivity index (χ3v) is 3.68. The van der Waals surface area contributed by atoms with Gasteiger partial charge in [-0.05, 0) is 43.2 Å². The Hall–Kier alpha value is -1.71. The van der Waals surface area contributed by atoms with Crippen LogP contribution in [-0.4, -0.2) is 19.1 Å². The Morgan fingerprint density at radius 1 is 1.44 bits per heavy atom. The molecule has 3 rings (SSSR count). The Bertz CT molecular complexity index is 468. The lowest BCUT2D eigenvalue weighted by Crippen LogP contribution is -2.23. The minimum atomic E-state index is 0.454. The summed E-state index contributed by atoms with van der Waals surface area (Å²) >= 11 is 0. The van der Waals surface area contributed by atoms with E-state index in [1.165, 1.54) is 19.3 Å². The number of rotatable bonds is 4. The van der Waals surface area contributed by atoms with E-state index >= 15 is 0 Å².